The zero-order chi connectivity index (χ0) is 15.1. The van der Waals surface area contributed by atoms with E-state index in [4.69, 9.17) is 0 Å². The van der Waals surface area contributed by atoms with Gasteiger partial charge in [0.1, 0.15) is 0 Å². The number of piperidine rings is 2. The largest absolute Gasteiger partial charge is 0.339 e. The molecule has 0 aromatic carbocycles. The molecular weight excluding hydrogens is 262 g/mol. The third-order valence-electron chi connectivity index (χ3n) is 5.20. The van der Waals surface area contributed by atoms with Gasteiger partial charge in [0.15, 0.2) is 0 Å². The Hall–Kier alpha value is -0.610. The third-order valence-corrected chi connectivity index (χ3v) is 5.20. The van der Waals surface area contributed by atoms with Crippen molar-refractivity contribution >= 4 is 5.91 Å². The summed E-state index contributed by atoms with van der Waals surface area (Å²) in [5, 5.41) is 3.42. The quantitative estimate of drug-likeness (QED) is 0.815. The Morgan fingerprint density at radius 3 is 2.62 bits per heavy atom. The number of carbonyl (C=O) groups excluding carboxylic acids is 1. The molecule has 2 fully saturated rings. The number of hydrogen-bond acceptors (Lipinski definition) is 3. The van der Waals surface area contributed by atoms with Crippen LogP contribution in [-0.4, -0.2) is 61.0 Å². The van der Waals surface area contributed by atoms with E-state index in [9.17, 15) is 4.79 Å². The highest BCUT2D eigenvalue weighted by atomic mass is 16.2. The molecule has 0 bridgehead atoms. The molecule has 2 heterocycles. The highest BCUT2D eigenvalue weighted by molar-refractivity contribution is 5.78. The molecule has 0 aliphatic carbocycles. The Labute approximate surface area is 130 Å². The summed E-state index contributed by atoms with van der Waals surface area (Å²) in [6, 6.07) is 0.490. The van der Waals surface area contributed by atoms with Crippen LogP contribution in [0.2, 0.25) is 0 Å². The normalized spacial score (nSPS) is 24.5. The van der Waals surface area contributed by atoms with E-state index in [2.05, 4.69) is 29.0 Å². The highest BCUT2D eigenvalue weighted by Crippen LogP contribution is 2.20. The molecular formula is C17H33N3O. The van der Waals surface area contributed by atoms with Gasteiger partial charge in [-0.15, -0.1) is 0 Å². The van der Waals surface area contributed by atoms with Gasteiger partial charge < -0.3 is 10.2 Å². The molecule has 0 saturated carbocycles. The van der Waals surface area contributed by atoms with Crippen LogP contribution < -0.4 is 5.32 Å². The molecule has 122 valence electrons. The fraction of sp³-hybridized carbons (Fsp3) is 0.941. The fourth-order valence-corrected chi connectivity index (χ4v) is 3.77. The van der Waals surface area contributed by atoms with E-state index < -0.39 is 0 Å². The fourth-order valence-electron chi connectivity index (χ4n) is 3.77. The van der Waals surface area contributed by atoms with Crippen LogP contribution in [0.4, 0.5) is 0 Å². The molecule has 4 nitrogen and oxygen atoms in total. The lowest BCUT2D eigenvalue weighted by Gasteiger charge is -2.37. The van der Waals surface area contributed by atoms with Crippen LogP contribution >= 0.6 is 0 Å². The summed E-state index contributed by atoms with van der Waals surface area (Å²) < 4.78 is 0. The molecule has 2 aliphatic heterocycles. The van der Waals surface area contributed by atoms with E-state index >= 15 is 0 Å². The Morgan fingerprint density at radius 1 is 1.19 bits per heavy atom. The smallest absolute Gasteiger partial charge is 0.236 e. The monoisotopic (exact) mass is 295 g/mol. The van der Waals surface area contributed by atoms with Crippen LogP contribution in [0.15, 0.2) is 0 Å². The number of nitrogens with one attached hydrogen (secondary N) is 1. The first kappa shape index (κ1) is 16.8. The van der Waals surface area contributed by atoms with Gasteiger partial charge in [0.05, 0.1) is 6.54 Å². The van der Waals surface area contributed by atoms with Crippen molar-refractivity contribution < 1.29 is 4.79 Å². The number of carbonyl (C=O) groups is 1. The Balaban J connectivity index is 1.83. The van der Waals surface area contributed by atoms with Gasteiger partial charge in [-0.1, -0.05) is 13.8 Å². The molecule has 2 rings (SSSR count). The summed E-state index contributed by atoms with van der Waals surface area (Å²) in [4.78, 5) is 17.2. The lowest BCUT2D eigenvalue weighted by molar-refractivity contribution is -0.136. The second kappa shape index (κ2) is 8.74. The number of amides is 1. The molecule has 21 heavy (non-hydrogen) atoms. The van der Waals surface area contributed by atoms with E-state index in [-0.39, 0.29) is 0 Å². The zero-order valence-electron chi connectivity index (χ0n) is 13.9. The molecule has 2 saturated heterocycles. The van der Waals surface area contributed by atoms with Crippen LogP contribution in [-0.2, 0) is 4.79 Å². The third kappa shape index (κ3) is 4.96. The van der Waals surface area contributed by atoms with Crippen molar-refractivity contribution in [2.45, 2.75) is 58.4 Å². The minimum atomic E-state index is 0.359. The Kier molecular flexibility index (Phi) is 6.97. The van der Waals surface area contributed by atoms with Gasteiger partial charge in [-0.25, -0.2) is 0 Å². The summed E-state index contributed by atoms with van der Waals surface area (Å²) in [7, 11) is 0. The Bertz CT molecular complexity index is 315. The lowest BCUT2D eigenvalue weighted by Crippen LogP contribution is -2.48. The minimum absolute atomic E-state index is 0.359. The predicted octanol–water partition coefficient (Wildman–Crippen LogP) is 2.10. The average molecular weight is 295 g/mol. The van der Waals surface area contributed by atoms with Crippen molar-refractivity contribution in [2.75, 3.05) is 39.3 Å². The van der Waals surface area contributed by atoms with Crippen LogP contribution in [0.3, 0.4) is 0 Å². The number of hydrogen-bond donors (Lipinski definition) is 1. The van der Waals surface area contributed by atoms with E-state index in [1.807, 2.05) is 0 Å². The summed E-state index contributed by atoms with van der Waals surface area (Å²) in [6.45, 7) is 10.3. The maximum absolute atomic E-state index is 12.7. The summed E-state index contributed by atoms with van der Waals surface area (Å²) >= 11 is 0. The van der Waals surface area contributed by atoms with E-state index in [1.165, 1.54) is 32.1 Å². The molecule has 0 radical (unpaired) electrons. The molecule has 1 atom stereocenters. The number of rotatable bonds is 6. The summed E-state index contributed by atoms with van der Waals surface area (Å²) in [5.41, 5.74) is 0. The first-order chi connectivity index (χ1) is 10.2. The first-order valence-corrected chi connectivity index (χ1v) is 8.97. The predicted molar refractivity (Wildman–Crippen MR) is 87.4 cm³/mol. The second-order valence-corrected chi connectivity index (χ2v) is 6.67. The number of nitrogens with zero attached hydrogens (tertiary/aromatic N) is 2. The number of likely N-dealkylation sites (tertiary alicyclic amines) is 1. The van der Waals surface area contributed by atoms with Gasteiger partial charge in [0.25, 0.3) is 0 Å². The molecule has 0 aromatic heterocycles. The molecule has 1 amide bonds. The van der Waals surface area contributed by atoms with Crippen molar-refractivity contribution in [1.82, 2.24) is 15.1 Å². The van der Waals surface area contributed by atoms with Gasteiger partial charge in [0.2, 0.25) is 5.91 Å². The maximum Gasteiger partial charge on any atom is 0.236 e. The van der Waals surface area contributed by atoms with Crippen LogP contribution in [0.25, 0.3) is 0 Å². The first-order valence-electron chi connectivity index (χ1n) is 8.97. The van der Waals surface area contributed by atoms with Gasteiger partial charge in [-0.05, 0) is 64.1 Å². The molecule has 1 unspecified atom stereocenters. The van der Waals surface area contributed by atoms with Gasteiger partial charge >= 0.3 is 0 Å². The lowest BCUT2D eigenvalue weighted by atomic mass is 9.97. The molecule has 0 aromatic rings. The average Bonchev–Trinajstić information content (AvgIpc) is 2.55. The van der Waals surface area contributed by atoms with E-state index in [0.29, 0.717) is 18.5 Å². The van der Waals surface area contributed by atoms with Crippen LogP contribution in [0.1, 0.15) is 52.4 Å². The van der Waals surface area contributed by atoms with E-state index in [0.717, 1.165) is 45.1 Å². The van der Waals surface area contributed by atoms with Crippen LogP contribution in [0.5, 0.6) is 0 Å². The number of likely N-dealkylation sites (N-methyl/N-ethyl adjacent to an activating group) is 1. The zero-order valence-corrected chi connectivity index (χ0v) is 13.9. The Morgan fingerprint density at radius 2 is 1.95 bits per heavy atom. The van der Waals surface area contributed by atoms with Crippen molar-refractivity contribution in [2.24, 2.45) is 5.92 Å². The molecule has 1 N–H and O–H groups in total. The standard InChI is InChI=1S/C17H33N3O/c1-3-16-7-5-6-12-20(16)17(21)14-19(4-2)13-15-8-10-18-11-9-15/h15-16,18H,3-14H2,1-2H3. The second-order valence-electron chi connectivity index (χ2n) is 6.67. The minimum Gasteiger partial charge on any atom is -0.339 e. The van der Waals surface area contributed by atoms with Gasteiger partial charge in [-0.3, -0.25) is 9.69 Å². The van der Waals surface area contributed by atoms with Gasteiger partial charge in [0, 0.05) is 19.1 Å². The van der Waals surface area contributed by atoms with Crippen molar-refractivity contribution in [3.05, 3.63) is 0 Å². The van der Waals surface area contributed by atoms with Crippen molar-refractivity contribution in [1.29, 1.82) is 0 Å². The van der Waals surface area contributed by atoms with Crippen molar-refractivity contribution in [3.8, 4) is 0 Å². The van der Waals surface area contributed by atoms with E-state index in [1.54, 1.807) is 0 Å². The van der Waals surface area contributed by atoms with Crippen molar-refractivity contribution in [3.63, 3.8) is 0 Å². The summed E-state index contributed by atoms with van der Waals surface area (Å²) in [5.74, 6) is 1.12. The molecule has 2 aliphatic rings. The summed E-state index contributed by atoms with van der Waals surface area (Å²) in [6.07, 6.45) is 7.28. The topological polar surface area (TPSA) is 35.6 Å². The maximum atomic E-state index is 12.7. The molecule has 0 spiro atoms. The van der Waals surface area contributed by atoms with Crippen LogP contribution in [0, 0.1) is 5.92 Å². The molecule has 4 heteroatoms. The SMILES string of the molecule is CCC1CCCCN1C(=O)CN(CC)CC1CCNCC1. The van der Waals surface area contributed by atoms with Gasteiger partial charge in [-0.2, -0.15) is 0 Å². The highest BCUT2D eigenvalue weighted by Gasteiger charge is 2.27.